The Morgan fingerprint density at radius 2 is 1.89 bits per heavy atom. The minimum absolute atomic E-state index is 0.00442. The van der Waals surface area contributed by atoms with Gasteiger partial charge in [-0.15, -0.1) is 11.3 Å². The number of anilines is 1. The highest BCUT2D eigenvalue weighted by Crippen LogP contribution is 2.45. The first-order valence-electron chi connectivity index (χ1n) is 7.66. The zero-order valence-electron chi connectivity index (χ0n) is 13.3. The molecule has 0 atom stereocenters. The molecular weight excluding hydrogens is 391 g/mol. The summed E-state index contributed by atoms with van der Waals surface area (Å²) >= 11 is 0.589. The van der Waals surface area contributed by atoms with Crippen LogP contribution in [-0.2, 0) is 0 Å². The van der Waals surface area contributed by atoms with Gasteiger partial charge in [0.25, 0.3) is 0 Å². The fraction of sp³-hybridized carbons (Fsp3) is 0.176. The van der Waals surface area contributed by atoms with Crippen molar-refractivity contribution >= 4 is 33.2 Å². The number of pyridine rings is 1. The number of benzene rings is 1. The maximum Gasteiger partial charge on any atom is 0.348 e. The number of aromatic nitrogens is 1. The van der Waals surface area contributed by atoms with Crippen LogP contribution in [0.1, 0.15) is 9.67 Å². The number of nitrogens with zero attached hydrogens (tertiary/aromatic N) is 2. The van der Waals surface area contributed by atoms with Crippen LogP contribution in [0.5, 0.6) is 0 Å². The Kier molecular flexibility index (Phi) is 4.02. The molecule has 4 nitrogen and oxygen atoms in total. The second-order valence-corrected chi connectivity index (χ2v) is 7.02. The number of hydrogen-bond donors (Lipinski definition) is 1. The number of halogens is 5. The standard InChI is InChI=1S/C17H9F5N2O2S/c18-6-1-8(12(22)9(20)2-6)11-10(21)3-23-13-14(24-4-7(19)5-24)16(17(25)26)27-15(11)13/h1-3,7H,4-5H2,(H,25,26). The van der Waals surface area contributed by atoms with Crippen molar-refractivity contribution in [3.8, 4) is 11.1 Å². The number of alkyl halides is 1. The van der Waals surface area contributed by atoms with Crippen LogP contribution >= 0.6 is 11.3 Å². The molecule has 0 amide bonds. The Morgan fingerprint density at radius 1 is 1.19 bits per heavy atom. The average molecular weight is 400 g/mol. The van der Waals surface area contributed by atoms with Gasteiger partial charge in [-0.2, -0.15) is 0 Å². The molecule has 0 unspecified atom stereocenters. The number of fused-ring (bicyclic) bond motifs is 1. The maximum absolute atomic E-state index is 14.5. The summed E-state index contributed by atoms with van der Waals surface area (Å²) in [6.45, 7) is -0.132. The van der Waals surface area contributed by atoms with Gasteiger partial charge in [-0.05, 0) is 6.07 Å². The maximum atomic E-state index is 14.5. The van der Waals surface area contributed by atoms with E-state index in [0.717, 1.165) is 0 Å². The van der Waals surface area contributed by atoms with Crippen LogP contribution in [0.25, 0.3) is 21.3 Å². The van der Waals surface area contributed by atoms with Gasteiger partial charge in [0.2, 0.25) is 0 Å². The van der Waals surface area contributed by atoms with Crippen molar-refractivity contribution in [3.05, 3.63) is 46.5 Å². The smallest absolute Gasteiger partial charge is 0.348 e. The second kappa shape index (κ2) is 6.15. The Hall–Kier alpha value is -2.75. The van der Waals surface area contributed by atoms with Crippen LogP contribution in [0.3, 0.4) is 0 Å². The first kappa shape index (κ1) is 17.7. The lowest BCUT2D eigenvalue weighted by Crippen LogP contribution is -2.48. The molecule has 3 aromatic rings. The predicted octanol–water partition coefficient (Wildman–Crippen LogP) is 4.38. The van der Waals surface area contributed by atoms with Crippen molar-refractivity contribution in [2.45, 2.75) is 6.17 Å². The van der Waals surface area contributed by atoms with Crippen molar-refractivity contribution in [2.24, 2.45) is 0 Å². The summed E-state index contributed by atoms with van der Waals surface area (Å²) in [6.07, 6.45) is -0.426. The Morgan fingerprint density at radius 3 is 2.52 bits per heavy atom. The molecule has 0 aliphatic carbocycles. The molecule has 27 heavy (non-hydrogen) atoms. The molecule has 1 N–H and O–H groups in total. The fourth-order valence-corrected chi connectivity index (χ4v) is 4.20. The summed E-state index contributed by atoms with van der Waals surface area (Å²) in [5, 5.41) is 9.45. The molecule has 3 heterocycles. The zero-order valence-corrected chi connectivity index (χ0v) is 14.1. The Labute approximate surface area is 152 Å². The number of carboxylic acid groups (broad SMARTS) is 1. The molecule has 1 aromatic carbocycles. The van der Waals surface area contributed by atoms with Gasteiger partial charge in [-0.25, -0.2) is 26.7 Å². The van der Waals surface area contributed by atoms with Gasteiger partial charge in [0.15, 0.2) is 17.5 Å². The van der Waals surface area contributed by atoms with Crippen molar-refractivity contribution in [1.29, 1.82) is 0 Å². The van der Waals surface area contributed by atoms with Gasteiger partial charge >= 0.3 is 5.97 Å². The van der Waals surface area contributed by atoms with Crippen LogP contribution < -0.4 is 4.90 Å². The van der Waals surface area contributed by atoms with Crippen LogP contribution in [0.4, 0.5) is 27.6 Å². The number of thiophene rings is 1. The first-order chi connectivity index (χ1) is 12.8. The molecule has 1 saturated heterocycles. The monoisotopic (exact) mass is 400 g/mol. The van der Waals surface area contributed by atoms with Gasteiger partial charge in [-0.1, -0.05) is 0 Å². The lowest BCUT2D eigenvalue weighted by atomic mass is 10.0. The van der Waals surface area contributed by atoms with E-state index in [0.29, 0.717) is 29.7 Å². The minimum Gasteiger partial charge on any atom is -0.477 e. The highest BCUT2D eigenvalue weighted by atomic mass is 32.1. The van der Waals surface area contributed by atoms with Gasteiger partial charge in [0, 0.05) is 17.2 Å². The first-order valence-corrected chi connectivity index (χ1v) is 8.47. The van der Waals surface area contributed by atoms with Gasteiger partial charge in [-0.3, -0.25) is 4.98 Å². The molecule has 0 spiro atoms. The summed E-state index contributed by atoms with van der Waals surface area (Å²) in [7, 11) is 0. The van der Waals surface area contributed by atoms with Crippen molar-refractivity contribution in [2.75, 3.05) is 18.0 Å². The number of carbonyl (C=O) groups is 1. The van der Waals surface area contributed by atoms with Crippen molar-refractivity contribution < 1.29 is 31.9 Å². The van der Waals surface area contributed by atoms with Crippen molar-refractivity contribution in [3.63, 3.8) is 0 Å². The fourth-order valence-electron chi connectivity index (χ4n) is 3.03. The molecule has 1 fully saturated rings. The number of rotatable bonds is 3. The van der Waals surface area contributed by atoms with E-state index >= 15 is 0 Å². The molecule has 0 radical (unpaired) electrons. The van der Waals surface area contributed by atoms with E-state index in [1.165, 1.54) is 4.90 Å². The Balaban J connectivity index is 2.04. The summed E-state index contributed by atoms with van der Waals surface area (Å²) in [5.41, 5.74) is -1.10. The van der Waals surface area contributed by atoms with E-state index in [9.17, 15) is 31.9 Å². The van der Waals surface area contributed by atoms with E-state index in [-0.39, 0.29) is 33.9 Å². The topological polar surface area (TPSA) is 53.4 Å². The van der Waals surface area contributed by atoms with Crippen LogP contribution in [0.2, 0.25) is 0 Å². The third kappa shape index (κ3) is 2.71. The predicted molar refractivity (Wildman–Crippen MR) is 89.0 cm³/mol. The summed E-state index contributed by atoms with van der Waals surface area (Å²) in [5.74, 6) is -6.52. The highest BCUT2D eigenvalue weighted by molar-refractivity contribution is 7.22. The summed E-state index contributed by atoms with van der Waals surface area (Å²) in [6, 6.07) is 0.941. The van der Waals surface area contributed by atoms with Crippen LogP contribution in [-0.4, -0.2) is 35.3 Å². The van der Waals surface area contributed by atoms with Gasteiger partial charge in [0.05, 0.1) is 29.7 Å². The molecule has 1 aliphatic rings. The zero-order chi connectivity index (χ0) is 19.5. The van der Waals surface area contributed by atoms with E-state index < -0.39 is 46.5 Å². The SMILES string of the molecule is O=C(O)c1sc2c(-c3cc(F)cc(F)c3F)c(F)cnc2c1N1CC(F)C1. The third-order valence-corrected chi connectivity index (χ3v) is 5.41. The molecular formula is C17H9F5N2O2S. The van der Waals surface area contributed by atoms with Gasteiger partial charge in [0.1, 0.15) is 22.4 Å². The third-order valence-electron chi connectivity index (χ3n) is 4.24. The lowest BCUT2D eigenvalue weighted by Gasteiger charge is -2.36. The Bertz CT molecular complexity index is 1090. The molecule has 140 valence electrons. The van der Waals surface area contributed by atoms with Crippen LogP contribution in [0.15, 0.2) is 18.3 Å². The molecule has 4 rings (SSSR count). The van der Waals surface area contributed by atoms with Crippen LogP contribution in [0, 0.1) is 23.3 Å². The number of hydrogen-bond acceptors (Lipinski definition) is 4. The molecule has 1 aliphatic heterocycles. The number of aromatic carboxylic acids is 1. The molecule has 10 heteroatoms. The largest absolute Gasteiger partial charge is 0.477 e. The van der Waals surface area contributed by atoms with E-state index in [2.05, 4.69) is 4.98 Å². The quantitative estimate of drug-likeness (QED) is 0.524. The van der Waals surface area contributed by atoms with E-state index in [4.69, 9.17) is 0 Å². The minimum atomic E-state index is -1.51. The number of carboxylic acids is 1. The van der Waals surface area contributed by atoms with E-state index in [1.807, 2.05) is 0 Å². The highest BCUT2D eigenvalue weighted by Gasteiger charge is 2.34. The normalized spacial score (nSPS) is 14.6. The molecule has 0 bridgehead atoms. The second-order valence-electron chi connectivity index (χ2n) is 6.00. The summed E-state index contributed by atoms with van der Waals surface area (Å²) < 4.78 is 69.0. The summed E-state index contributed by atoms with van der Waals surface area (Å²) in [4.78, 5) is 16.6. The van der Waals surface area contributed by atoms with E-state index in [1.54, 1.807) is 0 Å². The molecule has 0 saturated carbocycles. The average Bonchev–Trinajstić information content (AvgIpc) is 2.94. The van der Waals surface area contributed by atoms with Crippen molar-refractivity contribution in [1.82, 2.24) is 4.98 Å². The van der Waals surface area contributed by atoms with Gasteiger partial charge < -0.3 is 10.0 Å². The lowest BCUT2D eigenvalue weighted by molar-refractivity contribution is 0.0702. The molecule has 2 aromatic heterocycles.